The topological polar surface area (TPSA) is 43.9 Å². The van der Waals surface area contributed by atoms with Crippen molar-refractivity contribution in [3.63, 3.8) is 0 Å². The zero-order valence-corrected chi connectivity index (χ0v) is 18.5. The van der Waals surface area contributed by atoms with Gasteiger partial charge in [-0.25, -0.2) is 0 Å². The lowest BCUT2D eigenvalue weighted by Gasteiger charge is -2.36. The molecule has 4 rings (SSSR count). The highest BCUT2D eigenvalue weighted by atomic mass is 35.5. The average molecular weight is 442 g/mol. The number of hydrogen-bond donors (Lipinski definition) is 0. The van der Waals surface area contributed by atoms with E-state index in [4.69, 9.17) is 11.6 Å². The van der Waals surface area contributed by atoms with Crippen molar-refractivity contribution in [1.29, 1.82) is 0 Å². The van der Waals surface area contributed by atoms with Crippen molar-refractivity contribution in [3.05, 3.63) is 64.0 Å². The average Bonchev–Trinajstić information content (AvgIpc) is 2.76. The summed E-state index contributed by atoms with van der Waals surface area (Å²) in [7, 11) is 0. The van der Waals surface area contributed by atoms with Crippen LogP contribution >= 0.6 is 23.4 Å². The van der Waals surface area contributed by atoms with E-state index in [2.05, 4.69) is 11.8 Å². The molecule has 0 aliphatic carbocycles. The fourth-order valence-corrected chi connectivity index (χ4v) is 4.97. The molecule has 2 aliphatic heterocycles. The van der Waals surface area contributed by atoms with Gasteiger partial charge in [-0.1, -0.05) is 54.6 Å². The predicted octanol–water partition coefficient (Wildman–Crippen LogP) is 3.98. The summed E-state index contributed by atoms with van der Waals surface area (Å²) in [5.74, 6) is -0.165. The van der Waals surface area contributed by atoms with E-state index in [1.165, 1.54) is 11.8 Å². The third-order valence-electron chi connectivity index (χ3n) is 5.44. The predicted molar refractivity (Wildman–Crippen MR) is 123 cm³/mol. The molecule has 2 aliphatic rings. The summed E-state index contributed by atoms with van der Waals surface area (Å²) in [5, 5.41) is 0.622. The van der Waals surface area contributed by atoms with Crippen LogP contribution in [-0.4, -0.2) is 60.9 Å². The number of para-hydroxylation sites is 1. The first-order valence-corrected chi connectivity index (χ1v) is 11.3. The molecule has 0 aromatic heterocycles. The van der Waals surface area contributed by atoms with Crippen LogP contribution < -0.4 is 4.90 Å². The Bertz CT molecular complexity index is 986. The number of carbonyl (C=O) groups is 2. The summed E-state index contributed by atoms with van der Waals surface area (Å²) in [6.07, 6.45) is 1.84. The van der Waals surface area contributed by atoms with Gasteiger partial charge in [0.05, 0.1) is 10.6 Å². The number of carbonyl (C=O) groups excluding carboxylic acids is 2. The second kappa shape index (κ2) is 9.25. The second-order valence-electron chi connectivity index (χ2n) is 7.34. The number of nitrogens with zero attached hydrogens (tertiary/aromatic N) is 3. The number of amides is 2. The summed E-state index contributed by atoms with van der Waals surface area (Å²) < 4.78 is 0. The standard InChI is InChI=1S/C23H24ClN3O2S/c1-2-25-10-12-26(13-11-25)22(28)16-27-19-8-3-4-9-20(19)30-21(23(27)29)15-17-6-5-7-18(24)14-17/h3-9,14-15H,2,10-13,16H2,1H3/b21-15+. The molecule has 2 amide bonds. The highest BCUT2D eigenvalue weighted by Crippen LogP contribution is 2.42. The lowest BCUT2D eigenvalue weighted by Crippen LogP contribution is -2.52. The van der Waals surface area contributed by atoms with Crippen molar-refractivity contribution in [1.82, 2.24) is 9.80 Å². The highest BCUT2D eigenvalue weighted by molar-refractivity contribution is 8.04. The number of rotatable bonds is 4. The van der Waals surface area contributed by atoms with Crippen LogP contribution in [0.5, 0.6) is 0 Å². The summed E-state index contributed by atoms with van der Waals surface area (Å²) in [5.41, 5.74) is 1.65. The van der Waals surface area contributed by atoms with Gasteiger partial charge in [0, 0.05) is 36.1 Å². The number of halogens is 1. The minimum Gasteiger partial charge on any atom is -0.339 e. The zero-order chi connectivity index (χ0) is 21.1. The molecule has 0 atom stereocenters. The van der Waals surface area contributed by atoms with Crippen LogP contribution in [0.3, 0.4) is 0 Å². The first-order valence-electron chi connectivity index (χ1n) is 10.1. The molecule has 7 heteroatoms. The fraction of sp³-hybridized carbons (Fsp3) is 0.304. The molecule has 0 radical (unpaired) electrons. The minimum absolute atomic E-state index is 0.0112. The van der Waals surface area contributed by atoms with Crippen LogP contribution in [0.25, 0.3) is 6.08 Å². The minimum atomic E-state index is -0.154. The van der Waals surface area contributed by atoms with Crippen LogP contribution in [0.2, 0.25) is 5.02 Å². The molecule has 1 fully saturated rings. The summed E-state index contributed by atoms with van der Waals surface area (Å²) in [4.78, 5) is 33.7. The second-order valence-corrected chi connectivity index (χ2v) is 8.86. The van der Waals surface area contributed by atoms with Crippen molar-refractivity contribution in [2.45, 2.75) is 11.8 Å². The largest absolute Gasteiger partial charge is 0.339 e. The van der Waals surface area contributed by atoms with Gasteiger partial charge in [0.15, 0.2) is 0 Å². The molecule has 0 unspecified atom stereocenters. The number of fused-ring (bicyclic) bond motifs is 1. The van der Waals surface area contributed by atoms with Gasteiger partial charge in [-0.15, -0.1) is 0 Å². The maximum atomic E-state index is 13.3. The Kier molecular flexibility index (Phi) is 6.46. The van der Waals surface area contributed by atoms with E-state index >= 15 is 0 Å². The number of thioether (sulfide) groups is 1. The number of anilines is 1. The van der Waals surface area contributed by atoms with Gasteiger partial charge in [0.25, 0.3) is 5.91 Å². The summed E-state index contributed by atoms with van der Waals surface area (Å²) >= 11 is 7.53. The molecule has 0 spiro atoms. The third kappa shape index (κ3) is 4.56. The van der Waals surface area contributed by atoms with Gasteiger partial charge >= 0.3 is 0 Å². The number of benzene rings is 2. The Labute approximate surface area is 186 Å². The Morgan fingerprint density at radius 1 is 1.10 bits per heavy atom. The Balaban J connectivity index is 1.58. The lowest BCUT2D eigenvalue weighted by molar-refractivity contribution is -0.132. The maximum Gasteiger partial charge on any atom is 0.265 e. The molecular weight excluding hydrogens is 418 g/mol. The van der Waals surface area contributed by atoms with Crippen LogP contribution in [0.15, 0.2) is 58.3 Å². The molecule has 0 N–H and O–H groups in total. The monoisotopic (exact) mass is 441 g/mol. The van der Waals surface area contributed by atoms with E-state index in [9.17, 15) is 9.59 Å². The molecule has 1 saturated heterocycles. The van der Waals surface area contributed by atoms with Crippen molar-refractivity contribution in [2.75, 3.05) is 44.2 Å². The van der Waals surface area contributed by atoms with Crippen molar-refractivity contribution < 1.29 is 9.59 Å². The Hall–Kier alpha value is -2.28. The number of piperazine rings is 1. The first-order chi connectivity index (χ1) is 14.5. The molecular formula is C23H24ClN3O2S. The normalized spacial score (nSPS) is 18.6. The molecule has 156 valence electrons. The van der Waals surface area contributed by atoms with E-state index in [0.717, 1.165) is 35.8 Å². The van der Waals surface area contributed by atoms with Crippen molar-refractivity contribution in [3.8, 4) is 0 Å². The zero-order valence-electron chi connectivity index (χ0n) is 16.9. The van der Waals surface area contributed by atoms with Crippen molar-refractivity contribution in [2.24, 2.45) is 0 Å². The Morgan fingerprint density at radius 2 is 1.87 bits per heavy atom. The summed E-state index contributed by atoms with van der Waals surface area (Å²) in [6.45, 7) is 6.34. The van der Waals surface area contributed by atoms with Crippen LogP contribution in [0.1, 0.15) is 12.5 Å². The van der Waals surface area contributed by atoms with Gasteiger partial charge in [0.2, 0.25) is 5.91 Å². The van der Waals surface area contributed by atoms with E-state index in [1.54, 1.807) is 11.0 Å². The van der Waals surface area contributed by atoms with E-state index < -0.39 is 0 Å². The van der Waals surface area contributed by atoms with Crippen LogP contribution in [0.4, 0.5) is 5.69 Å². The third-order valence-corrected chi connectivity index (χ3v) is 6.76. The fourth-order valence-electron chi connectivity index (χ4n) is 3.72. The number of hydrogen-bond acceptors (Lipinski definition) is 4. The molecule has 5 nitrogen and oxygen atoms in total. The van der Waals surface area contributed by atoms with Gasteiger partial charge < -0.3 is 9.80 Å². The SMILES string of the molecule is CCN1CCN(C(=O)CN2C(=O)/C(=C\c3cccc(Cl)c3)Sc3ccccc32)CC1. The van der Waals surface area contributed by atoms with E-state index in [1.807, 2.05) is 53.4 Å². The van der Waals surface area contributed by atoms with Gasteiger partial charge in [0.1, 0.15) is 6.54 Å². The molecule has 30 heavy (non-hydrogen) atoms. The van der Waals surface area contributed by atoms with Gasteiger partial charge in [-0.05, 0) is 42.4 Å². The quantitative estimate of drug-likeness (QED) is 0.673. The lowest BCUT2D eigenvalue weighted by atomic mass is 10.2. The molecule has 2 heterocycles. The van der Waals surface area contributed by atoms with Gasteiger partial charge in [-0.3, -0.25) is 14.5 Å². The summed E-state index contributed by atoms with van der Waals surface area (Å²) in [6, 6.07) is 15.1. The highest BCUT2D eigenvalue weighted by Gasteiger charge is 2.32. The maximum absolute atomic E-state index is 13.3. The van der Waals surface area contributed by atoms with Gasteiger partial charge in [-0.2, -0.15) is 0 Å². The Morgan fingerprint density at radius 3 is 2.60 bits per heavy atom. The van der Waals surface area contributed by atoms with Crippen LogP contribution in [0, 0.1) is 0 Å². The molecule has 2 aromatic carbocycles. The van der Waals surface area contributed by atoms with Crippen LogP contribution in [-0.2, 0) is 9.59 Å². The molecule has 0 bridgehead atoms. The smallest absolute Gasteiger partial charge is 0.265 e. The van der Waals surface area contributed by atoms with Crippen molar-refractivity contribution >= 4 is 46.9 Å². The van der Waals surface area contributed by atoms with E-state index in [0.29, 0.717) is 23.0 Å². The van der Waals surface area contributed by atoms with E-state index in [-0.39, 0.29) is 18.4 Å². The number of likely N-dealkylation sites (N-methyl/N-ethyl adjacent to an activating group) is 1. The first kappa shape index (κ1) is 21.0. The molecule has 0 saturated carbocycles. The molecule has 2 aromatic rings.